The van der Waals surface area contributed by atoms with Gasteiger partial charge in [0.15, 0.2) is 0 Å². The van der Waals surface area contributed by atoms with Gasteiger partial charge in [0.1, 0.15) is 0 Å². The Balaban J connectivity index is 2.17. The van der Waals surface area contributed by atoms with Crippen LogP contribution in [0, 0.1) is 0 Å². The number of rotatable bonds is 2. The summed E-state index contributed by atoms with van der Waals surface area (Å²) in [6.07, 6.45) is 2.82. The van der Waals surface area contributed by atoms with E-state index in [0.717, 1.165) is 18.7 Å². The summed E-state index contributed by atoms with van der Waals surface area (Å²) in [5.41, 5.74) is 3.25. The number of urea groups is 1. The highest BCUT2D eigenvalue weighted by Gasteiger charge is 2.18. The minimum Gasteiger partial charge on any atom is -0.332 e. The van der Waals surface area contributed by atoms with Gasteiger partial charge in [0.05, 0.1) is 6.34 Å². The highest BCUT2D eigenvalue weighted by Crippen LogP contribution is 2.29. The quantitative estimate of drug-likeness (QED) is 0.639. The predicted octanol–water partition coefficient (Wildman–Crippen LogP) is 1.80. The van der Waals surface area contributed by atoms with Crippen LogP contribution in [0.2, 0.25) is 0 Å². The third-order valence-corrected chi connectivity index (χ3v) is 2.92. The third-order valence-electron chi connectivity index (χ3n) is 2.92. The van der Waals surface area contributed by atoms with Crippen LogP contribution in [0.4, 0.5) is 16.2 Å². The molecular weight excluding hydrogens is 228 g/mol. The molecule has 0 unspecified atom stereocenters. The smallest absolute Gasteiger partial charge is 0.321 e. The van der Waals surface area contributed by atoms with Crippen molar-refractivity contribution in [1.29, 1.82) is 0 Å². The number of nitrogens with zero attached hydrogens (tertiary/aromatic N) is 3. The maximum absolute atomic E-state index is 11.6. The monoisotopic (exact) mass is 246 g/mol. The molecule has 5 nitrogen and oxygen atoms in total. The standard InChI is InChI=1S/C13H18N4O/c1-14-9-17-7-6-10-8-11(4-5-12(10)17)15-13(18)16(2)3/h4-5,8-9H,6-7H2,1-3H3,(H,15,18). The third kappa shape index (κ3) is 2.45. The van der Waals surface area contributed by atoms with Crippen LogP contribution in [-0.2, 0) is 6.42 Å². The number of hydrogen-bond donors (Lipinski definition) is 1. The van der Waals surface area contributed by atoms with E-state index >= 15 is 0 Å². The molecule has 0 bridgehead atoms. The van der Waals surface area contributed by atoms with Gasteiger partial charge in [-0.05, 0) is 30.2 Å². The zero-order valence-electron chi connectivity index (χ0n) is 11.0. The molecule has 1 aromatic carbocycles. The number of fused-ring (bicyclic) bond motifs is 1. The van der Waals surface area contributed by atoms with Crippen molar-refractivity contribution in [2.24, 2.45) is 4.99 Å². The molecule has 2 rings (SSSR count). The minimum atomic E-state index is -0.111. The predicted molar refractivity (Wildman–Crippen MR) is 74.6 cm³/mol. The maximum Gasteiger partial charge on any atom is 0.321 e. The molecule has 0 aromatic heterocycles. The van der Waals surface area contributed by atoms with Gasteiger partial charge in [-0.25, -0.2) is 4.79 Å². The number of hydrogen-bond acceptors (Lipinski definition) is 2. The summed E-state index contributed by atoms with van der Waals surface area (Å²) in [6, 6.07) is 5.86. The lowest BCUT2D eigenvalue weighted by Gasteiger charge is -2.15. The summed E-state index contributed by atoms with van der Waals surface area (Å²) in [4.78, 5) is 19.2. The number of nitrogens with one attached hydrogen (secondary N) is 1. The molecule has 0 aliphatic carbocycles. The topological polar surface area (TPSA) is 47.9 Å². The molecule has 1 N–H and O–H groups in total. The Morgan fingerprint density at radius 1 is 1.50 bits per heavy atom. The second-order valence-corrected chi connectivity index (χ2v) is 4.49. The zero-order valence-corrected chi connectivity index (χ0v) is 11.0. The van der Waals surface area contributed by atoms with E-state index in [4.69, 9.17) is 0 Å². The summed E-state index contributed by atoms with van der Waals surface area (Å²) < 4.78 is 0. The molecule has 0 saturated heterocycles. The van der Waals surface area contributed by atoms with Crippen molar-refractivity contribution in [2.45, 2.75) is 6.42 Å². The number of carbonyl (C=O) groups excluding carboxylic acids is 1. The molecule has 0 saturated carbocycles. The Morgan fingerprint density at radius 2 is 2.28 bits per heavy atom. The molecule has 96 valence electrons. The van der Waals surface area contributed by atoms with Crippen LogP contribution in [0.15, 0.2) is 23.2 Å². The van der Waals surface area contributed by atoms with Gasteiger partial charge in [0.2, 0.25) is 0 Å². The molecule has 0 radical (unpaired) electrons. The van der Waals surface area contributed by atoms with Crippen molar-refractivity contribution in [3.05, 3.63) is 23.8 Å². The van der Waals surface area contributed by atoms with Crippen LogP contribution >= 0.6 is 0 Å². The SMILES string of the molecule is CN=CN1CCc2cc(NC(=O)N(C)C)ccc21. The van der Waals surface area contributed by atoms with E-state index in [2.05, 4.69) is 15.2 Å². The normalized spacial score (nSPS) is 13.8. The van der Waals surface area contributed by atoms with Gasteiger partial charge in [-0.3, -0.25) is 4.99 Å². The summed E-state index contributed by atoms with van der Waals surface area (Å²) in [5.74, 6) is 0. The number of benzene rings is 1. The van der Waals surface area contributed by atoms with E-state index in [1.54, 1.807) is 21.1 Å². The van der Waals surface area contributed by atoms with Gasteiger partial charge in [-0.2, -0.15) is 0 Å². The van der Waals surface area contributed by atoms with Crippen molar-refractivity contribution < 1.29 is 4.79 Å². The van der Waals surface area contributed by atoms with E-state index in [1.165, 1.54) is 16.2 Å². The van der Waals surface area contributed by atoms with Gasteiger partial charge in [-0.1, -0.05) is 0 Å². The van der Waals surface area contributed by atoms with Crippen molar-refractivity contribution in [3.63, 3.8) is 0 Å². The Bertz CT molecular complexity index is 482. The van der Waals surface area contributed by atoms with Crippen LogP contribution < -0.4 is 10.2 Å². The maximum atomic E-state index is 11.6. The van der Waals surface area contributed by atoms with Crippen LogP contribution in [0.5, 0.6) is 0 Å². The average Bonchev–Trinajstić information content (AvgIpc) is 2.72. The highest BCUT2D eigenvalue weighted by atomic mass is 16.2. The van der Waals surface area contributed by atoms with Gasteiger partial charge < -0.3 is 15.1 Å². The number of carbonyl (C=O) groups is 1. The molecule has 1 aliphatic heterocycles. The fourth-order valence-corrected chi connectivity index (χ4v) is 2.00. The van der Waals surface area contributed by atoms with E-state index in [-0.39, 0.29) is 6.03 Å². The van der Waals surface area contributed by atoms with Crippen molar-refractivity contribution >= 4 is 23.7 Å². The first kappa shape index (κ1) is 12.4. The van der Waals surface area contributed by atoms with Gasteiger partial charge >= 0.3 is 6.03 Å². The number of amides is 2. The van der Waals surface area contributed by atoms with E-state index in [9.17, 15) is 4.79 Å². The van der Waals surface area contributed by atoms with Crippen LogP contribution in [0.3, 0.4) is 0 Å². The van der Waals surface area contributed by atoms with Gasteiger partial charge in [0, 0.05) is 39.1 Å². The summed E-state index contributed by atoms with van der Waals surface area (Å²) in [6.45, 7) is 0.942. The Labute approximate surface area is 107 Å². The Morgan fingerprint density at radius 3 is 2.94 bits per heavy atom. The van der Waals surface area contributed by atoms with Crippen LogP contribution in [-0.4, -0.2) is 45.0 Å². The summed E-state index contributed by atoms with van der Waals surface area (Å²) >= 11 is 0. The lowest BCUT2D eigenvalue weighted by molar-refractivity contribution is 0.230. The molecule has 18 heavy (non-hydrogen) atoms. The van der Waals surface area contributed by atoms with Gasteiger partial charge in [-0.15, -0.1) is 0 Å². The molecular formula is C13H18N4O. The van der Waals surface area contributed by atoms with E-state index in [1.807, 2.05) is 24.5 Å². The molecule has 0 spiro atoms. The van der Waals surface area contributed by atoms with Gasteiger partial charge in [0.25, 0.3) is 0 Å². The van der Waals surface area contributed by atoms with Crippen molar-refractivity contribution in [3.8, 4) is 0 Å². The van der Waals surface area contributed by atoms with E-state index < -0.39 is 0 Å². The lowest BCUT2D eigenvalue weighted by Crippen LogP contribution is -2.27. The van der Waals surface area contributed by atoms with Crippen molar-refractivity contribution in [2.75, 3.05) is 37.9 Å². The average molecular weight is 246 g/mol. The fraction of sp³-hybridized carbons (Fsp3) is 0.385. The number of aliphatic imine (C=N–C) groups is 1. The lowest BCUT2D eigenvalue weighted by atomic mass is 10.1. The summed E-state index contributed by atoms with van der Waals surface area (Å²) in [5, 5.41) is 2.85. The Kier molecular flexibility index (Phi) is 3.50. The van der Waals surface area contributed by atoms with E-state index in [0.29, 0.717) is 0 Å². The molecule has 1 aliphatic rings. The molecule has 0 fully saturated rings. The molecule has 0 atom stereocenters. The highest BCUT2D eigenvalue weighted by molar-refractivity contribution is 5.90. The number of anilines is 2. The molecule has 1 heterocycles. The van der Waals surface area contributed by atoms with Crippen LogP contribution in [0.25, 0.3) is 0 Å². The summed E-state index contributed by atoms with van der Waals surface area (Å²) in [7, 11) is 5.22. The largest absolute Gasteiger partial charge is 0.332 e. The Hall–Kier alpha value is -2.04. The van der Waals surface area contributed by atoms with Crippen molar-refractivity contribution in [1.82, 2.24) is 4.90 Å². The fourth-order valence-electron chi connectivity index (χ4n) is 2.00. The van der Waals surface area contributed by atoms with Crippen LogP contribution in [0.1, 0.15) is 5.56 Å². The first-order valence-corrected chi connectivity index (χ1v) is 5.92. The second-order valence-electron chi connectivity index (χ2n) is 4.49. The first-order chi connectivity index (χ1) is 8.61. The minimum absolute atomic E-state index is 0.111. The molecule has 1 aromatic rings. The second kappa shape index (κ2) is 5.08. The first-order valence-electron chi connectivity index (χ1n) is 5.92. The molecule has 5 heteroatoms. The zero-order chi connectivity index (χ0) is 13.1. The molecule has 2 amide bonds.